The molecule has 4 heteroatoms. The van der Waals surface area contributed by atoms with E-state index in [1.54, 1.807) is 0 Å². The zero-order valence-corrected chi connectivity index (χ0v) is 12.7. The van der Waals surface area contributed by atoms with Crippen LogP contribution < -0.4 is 0 Å². The van der Waals surface area contributed by atoms with Crippen molar-refractivity contribution in [3.8, 4) is 0 Å². The van der Waals surface area contributed by atoms with Gasteiger partial charge in [0.15, 0.2) is 0 Å². The zero-order valence-electron chi connectivity index (χ0n) is 10.6. The lowest BCUT2D eigenvalue weighted by Gasteiger charge is -2.25. The highest BCUT2D eigenvalue weighted by molar-refractivity contribution is 14.1. The third kappa shape index (κ3) is 3.46. The predicted molar refractivity (Wildman–Crippen MR) is 82.3 cm³/mol. The summed E-state index contributed by atoms with van der Waals surface area (Å²) in [6.45, 7) is 4.55. The lowest BCUT2D eigenvalue weighted by Crippen LogP contribution is -2.35. The van der Waals surface area contributed by atoms with E-state index in [9.17, 15) is 0 Å². The molecule has 0 amide bonds. The van der Waals surface area contributed by atoms with E-state index < -0.39 is 0 Å². The molecule has 2 heterocycles. The van der Waals surface area contributed by atoms with Crippen molar-refractivity contribution in [2.75, 3.05) is 31.2 Å². The van der Waals surface area contributed by atoms with Crippen LogP contribution in [0.4, 0.5) is 0 Å². The van der Waals surface area contributed by atoms with Crippen LogP contribution in [0.1, 0.15) is 5.76 Å². The normalized spacial score (nSPS) is 16.3. The van der Waals surface area contributed by atoms with Crippen LogP contribution in [0.2, 0.25) is 0 Å². The molecule has 0 N–H and O–H groups in total. The molecule has 3 nitrogen and oxygen atoms in total. The van der Waals surface area contributed by atoms with Crippen LogP contribution in [0.5, 0.6) is 0 Å². The van der Waals surface area contributed by atoms with Gasteiger partial charge in [0, 0.05) is 18.5 Å². The van der Waals surface area contributed by atoms with Gasteiger partial charge in [0.1, 0.15) is 11.3 Å². The van der Waals surface area contributed by atoms with Crippen molar-refractivity contribution in [2.45, 2.75) is 6.54 Å². The first-order valence-electron chi connectivity index (χ1n) is 6.07. The lowest BCUT2D eigenvalue weighted by molar-refractivity contribution is 0.0315. The monoisotopic (exact) mass is 359 g/mol. The van der Waals surface area contributed by atoms with Crippen LogP contribution in [-0.4, -0.2) is 36.1 Å². The van der Waals surface area contributed by atoms with Gasteiger partial charge in [0.25, 0.3) is 0 Å². The van der Waals surface area contributed by atoms with E-state index in [0.29, 0.717) is 0 Å². The fourth-order valence-corrected chi connectivity index (χ4v) is 2.09. The summed E-state index contributed by atoms with van der Waals surface area (Å²) in [5.74, 6) is 1.04. The molecular weight excluding hydrogens is 341 g/mol. The number of furan rings is 1. The first kappa shape index (κ1) is 13.8. The number of benzene rings is 1. The van der Waals surface area contributed by atoms with Gasteiger partial charge >= 0.3 is 0 Å². The Labute approximate surface area is 121 Å². The molecule has 98 valence electrons. The molecule has 0 saturated carbocycles. The molecule has 1 saturated heterocycles. The second kappa shape index (κ2) is 7.11. The van der Waals surface area contributed by atoms with Gasteiger partial charge in [-0.1, -0.05) is 40.8 Å². The van der Waals surface area contributed by atoms with Crippen LogP contribution in [-0.2, 0) is 11.3 Å². The van der Waals surface area contributed by atoms with Crippen LogP contribution in [0.15, 0.2) is 34.7 Å². The largest absolute Gasteiger partial charge is 0.460 e. The van der Waals surface area contributed by atoms with Crippen molar-refractivity contribution < 1.29 is 9.15 Å². The fraction of sp³-hybridized carbons (Fsp3) is 0.429. The first-order valence-corrected chi connectivity index (χ1v) is 8.23. The molecule has 0 spiro atoms. The summed E-state index contributed by atoms with van der Waals surface area (Å²) in [5.41, 5.74) is 0.978. The average Bonchev–Trinajstić information content (AvgIpc) is 2.84. The summed E-state index contributed by atoms with van der Waals surface area (Å²) in [6.07, 6.45) is 0. The van der Waals surface area contributed by atoms with E-state index in [0.717, 1.165) is 44.2 Å². The molecule has 0 unspecified atom stereocenters. The zero-order chi connectivity index (χ0) is 12.8. The van der Waals surface area contributed by atoms with Gasteiger partial charge in [-0.05, 0) is 17.1 Å². The smallest absolute Gasteiger partial charge is 0.134 e. The number of nitrogens with zero attached hydrogens (tertiary/aromatic N) is 1. The second-order valence-electron chi connectivity index (χ2n) is 4.14. The third-order valence-corrected chi connectivity index (χ3v) is 2.96. The van der Waals surface area contributed by atoms with Crippen LogP contribution in [0.3, 0.4) is 0 Å². The number of hydrogen-bond acceptors (Lipinski definition) is 3. The molecule has 3 rings (SSSR count). The summed E-state index contributed by atoms with van der Waals surface area (Å²) in [6, 6.07) is 10.3. The van der Waals surface area contributed by atoms with Crippen molar-refractivity contribution >= 4 is 33.6 Å². The number of fused-ring (bicyclic) bond motifs is 1. The van der Waals surface area contributed by atoms with Crippen LogP contribution in [0, 0.1) is 0 Å². The van der Waals surface area contributed by atoms with Gasteiger partial charge in [-0.2, -0.15) is 0 Å². The molecule has 2 aromatic rings. The summed E-state index contributed by atoms with van der Waals surface area (Å²) < 4.78 is 11.1. The van der Waals surface area contributed by atoms with E-state index in [-0.39, 0.29) is 0 Å². The Morgan fingerprint density at radius 3 is 2.61 bits per heavy atom. The Bertz CT molecular complexity index is 444. The van der Waals surface area contributed by atoms with Gasteiger partial charge < -0.3 is 9.15 Å². The molecule has 0 bridgehead atoms. The van der Waals surface area contributed by atoms with Gasteiger partial charge in [0.2, 0.25) is 0 Å². The van der Waals surface area contributed by atoms with Gasteiger partial charge in [-0.3, -0.25) is 4.90 Å². The van der Waals surface area contributed by atoms with E-state index in [4.69, 9.17) is 9.15 Å². The predicted octanol–water partition coefficient (Wildman–Crippen LogP) is 3.32. The molecule has 1 aromatic carbocycles. The van der Waals surface area contributed by atoms with E-state index in [1.165, 1.54) is 5.39 Å². The number of halogens is 1. The van der Waals surface area contributed by atoms with Crippen molar-refractivity contribution in [1.82, 2.24) is 4.90 Å². The Morgan fingerprint density at radius 1 is 1.17 bits per heavy atom. The Morgan fingerprint density at radius 2 is 1.89 bits per heavy atom. The maximum absolute atomic E-state index is 5.79. The van der Waals surface area contributed by atoms with E-state index in [1.807, 2.05) is 23.1 Å². The third-order valence-electron chi connectivity index (χ3n) is 2.96. The average molecular weight is 359 g/mol. The minimum Gasteiger partial charge on any atom is -0.460 e. The number of hydrogen-bond donors (Lipinski definition) is 0. The molecule has 1 aliphatic heterocycles. The van der Waals surface area contributed by atoms with Gasteiger partial charge in [-0.15, -0.1) is 0 Å². The van der Waals surface area contributed by atoms with Gasteiger partial charge in [0.05, 0.1) is 19.8 Å². The molecule has 1 aromatic heterocycles. The maximum Gasteiger partial charge on any atom is 0.134 e. The summed E-state index contributed by atoms with van der Waals surface area (Å²) >= 11 is 2.15. The molecule has 0 aliphatic carbocycles. The molecule has 1 fully saturated rings. The molecule has 0 atom stereocenters. The van der Waals surface area contributed by atoms with Crippen molar-refractivity contribution in [3.63, 3.8) is 0 Å². The highest BCUT2D eigenvalue weighted by Crippen LogP contribution is 2.20. The topological polar surface area (TPSA) is 25.6 Å². The van der Waals surface area contributed by atoms with E-state index >= 15 is 0 Å². The highest BCUT2D eigenvalue weighted by Gasteiger charge is 2.12. The van der Waals surface area contributed by atoms with Crippen molar-refractivity contribution in [1.29, 1.82) is 0 Å². The van der Waals surface area contributed by atoms with Crippen LogP contribution >= 0.6 is 22.6 Å². The molecule has 18 heavy (non-hydrogen) atoms. The molecule has 1 aliphatic rings. The summed E-state index contributed by atoms with van der Waals surface area (Å²) in [5, 5.41) is 1.19. The minimum atomic E-state index is 0.834. The van der Waals surface area contributed by atoms with Crippen molar-refractivity contribution in [3.05, 3.63) is 36.1 Å². The Balaban J connectivity index is 0.000000574. The number of morpholine rings is 1. The molecule has 0 radical (unpaired) electrons. The highest BCUT2D eigenvalue weighted by atomic mass is 127. The first-order chi connectivity index (χ1) is 8.92. The number of alkyl halides is 1. The minimum absolute atomic E-state index is 0.834. The number of ether oxygens (including phenoxy) is 1. The Kier molecular flexibility index (Phi) is 5.46. The second-order valence-corrected chi connectivity index (χ2v) is 4.14. The summed E-state index contributed by atoms with van der Waals surface area (Å²) in [7, 11) is 0. The SMILES string of the molecule is CI.c1ccc2oc(CN3CCOCC3)cc2c1. The number of rotatable bonds is 2. The van der Waals surface area contributed by atoms with Crippen LogP contribution in [0.25, 0.3) is 11.0 Å². The maximum atomic E-state index is 5.79. The van der Waals surface area contributed by atoms with Gasteiger partial charge in [-0.25, -0.2) is 0 Å². The van der Waals surface area contributed by atoms with Crippen molar-refractivity contribution in [2.24, 2.45) is 0 Å². The summed E-state index contributed by atoms with van der Waals surface area (Å²) in [4.78, 5) is 4.33. The van der Waals surface area contributed by atoms with E-state index in [2.05, 4.69) is 39.6 Å². The lowest BCUT2D eigenvalue weighted by atomic mass is 10.2. The Hall–Kier alpha value is -0.590. The standard InChI is InChI=1S/C13H15NO2.CH3I/c1-2-4-13-11(3-1)9-12(16-13)10-14-5-7-15-8-6-14;1-2/h1-4,9H,5-8,10H2;1H3. The molecular formula is C14H18INO2. The number of para-hydroxylation sites is 1. The quantitative estimate of drug-likeness (QED) is 0.608. The fourth-order valence-electron chi connectivity index (χ4n) is 2.09.